The molecule has 2 aliphatic rings. The molecule has 0 unspecified atom stereocenters. The average molecular weight is 540 g/mol. The number of aromatic nitrogens is 1. The van der Waals surface area contributed by atoms with E-state index in [2.05, 4.69) is 26.3 Å². The molecule has 1 aromatic heterocycles. The second-order valence-corrected chi connectivity index (χ2v) is 10.3. The van der Waals surface area contributed by atoms with Crippen LogP contribution in [0.3, 0.4) is 0 Å². The zero-order chi connectivity index (χ0) is 28.4. The molecule has 1 aromatic rings. The maximum absolute atomic E-state index is 13.3. The van der Waals surface area contributed by atoms with Crippen LogP contribution >= 0.6 is 0 Å². The number of amides is 5. The standard InChI is InChI=1S/C27H37N7O5/c1-17(2)15-21-26(38)31-18(16-28)10-11-23(35)34-14-6-9-22(34)27(39)30-13-5-8-20(25(37)33-21)32-24(36)19-7-3-4-12-29-19/h3-4,7,12,17-18,20-22H,5-6,8-11,13-15H2,1-2H3,(H,30,39)(H,31,38)(H,32,36)(H,33,37)/t18-,20-,21-,22+/m0/s1. The molecule has 2 aliphatic heterocycles. The van der Waals surface area contributed by atoms with Gasteiger partial charge in [-0.2, -0.15) is 5.26 Å². The molecule has 2 saturated heterocycles. The third-order valence-electron chi connectivity index (χ3n) is 6.82. The molecule has 12 nitrogen and oxygen atoms in total. The Balaban J connectivity index is 1.83. The molecule has 210 valence electrons. The van der Waals surface area contributed by atoms with Crippen LogP contribution in [-0.4, -0.2) is 76.7 Å². The van der Waals surface area contributed by atoms with Crippen molar-refractivity contribution >= 4 is 29.5 Å². The molecule has 39 heavy (non-hydrogen) atoms. The lowest BCUT2D eigenvalue weighted by Gasteiger charge is -2.25. The van der Waals surface area contributed by atoms with Crippen molar-refractivity contribution in [3.8, 4) is 6.07 Å². The second kappa shape index (κ2) is 14.2. The SMILES string of the molecule is CC(C)C[C@@H]1NC(=O)[C@@H](NC(=O)c2ccccn2)CCCNC(=O)[C@H]2CCCN2C(=O)CC[C@@H](C#N)NC1=O. The van der Waals surface area contributed by atoms with Crippen molar-refractivity contribution in [2.75, 3.05) is 13.1 Å². The predicted molar refractivity (Wildman–Crippen MR) is 141 cm³/mol. The number of carbonyl (C=O) groups excluding carboxylic acids is 5. The molecule has 5 amide bonds. The summed E-state index contributed by atoms with van der Waals surface area (Å²) in [6.07, 6.45) is 3.65. The van der Waals surface area contributed by atoms with E-state index in [1.807, 2.05) is 19.9 Å². The van der Waals surface area contributed by atoms with E-state index in [1.54, 1.807) is 12.1 Å². The van der Waals surface area contributed by atoms with Gasteiger partial charge in [-0.15, -0.1) is 0 Å². The zero-order valence-corrected chi connectivity index (χ0v) is 22.4. The van der Waals surface area contributed by atoms with Gasteiger partial charge in [0.05, 0.1) is 6.07 Å². The van der Waals surface area contributed by atoms with Crippen LogP contribution in [0.2, 0.25) is 0 Å². The van der Waals surface area contributed by atoms with Gasteiger partial charge in [-0.3, -0.25) is 29.0 Å². The molecule has 0 bridgehead atoms. The molecule has 3 rings (SSSR count). The van der Waals surface area contributed by atoms with E-state index in [-0.39, 0.29) is 49.2 Å². The number of fused-ring (bicyclic) bond motifs is 1. The number of hydrogen-bond donors (Lipinski definition) is 4. The summed E-state index contributed by atoms with van der Waals surface area (Å²) in [5, 5.41) is 20.5. The fourth-order valence-electron chi connectivity index (χ4n) is 4.80. The quantitative estimate of drug-likeness (QED) is 0.428. The van der Waals surface area contributed by atoms with E-state index in [0.29, 0.717) is 32.2 Å². The van der Waals surface area contributed by atoms with Gasteiger partial charge in [0.25, 0.3) is 5.91 Å². The maximum atomic E-state index is 13.3. The Morgan fingerprint density at radius 1 is 1.10 bits per heavy atom. The number of pyridine rings is 1. The summed E-state index contributed by atoms with van der Waals surface area (Å²) in [6, 6.07) is 3.38. The van der Waals surface area contributed by atoms with E-state index in [1.165, 1.54) is 17.2 Å². The van der Waals surface area contributed by atoms with Crippen LogP contribution in [0.25, 0.3) is 0 Å². The highest BCUT2D eigenvalue weighted by molar-refractivity contribution is 5.97. The van der Waals surface area contributed by atoms with Crippen molar-refractivity contribution in [3.05, 3.63) is 30.1 Å². The van der Waals surface area contributed by atoms with E-state index in [4.69, 9.17) is 0 Å². The summed E-state index contributed by atoms with van der Waals surface area (Å²) in [6.45, 7) is 4.50. The van der Waals surface area contributed by atoms with Crippen molar-refractivity contribution < 1.29 is 24.0 Å². The minimum absolute atomic E-state index is 0.00508. The third-order valence-corrected chi connectivity index (χ3v) is 6.82. The molecule has 0 saturated carbocycles. The summed E-state index contributed by atoms with van der Waals surface area (Å²) in [7, 11) is 0. The van der Waals surface area contributed by atoms with Crippen molar-refractivity contribution in [1.29, 1.82) is 5.26 Å². The Labute approximate surface area is 228 Å². The lowest BCUT2D eigenvalue weighted by atomic mass is 10.0. The van der Waals surface area contributed by atoms with Crippen LogP contribution in [0.5, 0.6) is 0 Å². The average Bonchev–Trinajstić information content (AvgIpc) is 3.42. The monoisotopic (exact) mass is 539 g/mol. The van der Waals surface area contributed by atoms with Crippen LogP contribution < -0.4 is 21.3 Å². The first-order valence-corrected chi connectivity index (χ1v) is 13.5. The fraction of sp³-hybridized carbons (Fsp3) is 0.593. The molecule has 0 spiro atoms. The minimum atomic E-state index is -0.995. The summed E-state index contributed by atoms with van der Waals surface area (Å²) in [4.78, 5) is 70.5. The molecule has 0 radical (unpaired) electrons. The Morgan fingerprint density at radius 2 is 1.90 bits per heavy atom. The normalized spacial score (nSPS) is 25.5. The van der Waals surface area contributed by atoms with Crippen LogP contribution in [0.4, 0.5) is 0 Å². The molecule has 3 heterocycles. The summed E-state index contributed by atoms with van der Waals surface area (Å²) in [5.41, 5.74) is 0.140. The van der Waals surface area contributed by atoms with Gasteiger partial charge in [-0.25, -0.2) is 0 Å². The summed E-state index contributed by atoms with van der Waals surface area (Å²) < 4.78 is 0. The molecule has 2 fully saturated rings. The van der Waals surface area contributed by atoms with Crippen LogP contribution in [-0.2, 0) is 19.2 Å². The van der Waals surface area contributed by atoms with E-state index in [0.717, 1.165) is 0 Å². The summed E-state index contributed by atoms with van der Waals surface area (Å²) >= 11 is 0. The smallest absolute Gasteiger partial charge is 0.270 e. The maximum Gasteiger partial charge on any atom is 0.270 e. The number of nitrogens with one attached hydrogen (secondary N) is 4. The van der Waals surface area contributed by atoms with Crippen molar-refractivity contribution in [1.82, 2.24) is 31.2 Å². The predicted octanol–water partition coefficient (Wildman–Crippen LogP) is 0.400. The van der Waals surface area contributed by atoms with Gasteiger partial charge in [-0.05, 0) is 56.6 Å². The number of rotatable bonds is 4. The molecule has 4 atom stereocenters. The highest BCUT2D eigenvalue weighted by atomic mass is 16.2. The van der Waals surface area contributed by atoms with Gasteiger partial charge >= 0.3 is 0 Å². The van der Waals surface area contributed by atoms with E-state index >= 15 is 0 Å². The zero-order valence-electron chi connectivity index (χ0n) is 22.4. The number of nitrogens with zero attached hydrogens (tertiary/aromatic N) is 3. The Kier molecular flexibility index (Phi) is 10.8. The van der Waals surface area contributed by atoms with Gasteiger partial charge in [0.1, 0.15) is 29.9 Å². The third kappa shape index (κ3) is 8.49. The molecule has 4 N–H and O–H groups in total. The highest BCUT2D eigenvalue weighted by Crippen LogP contribution is 2.19. The largest absolute Gasteiger partial charge is 0.354 e. The fourth-order valence-corrected chi connectivity index (χ4v) is 4.80. The number of nitriles is 1. The Bertz CT molecular complexity index is 1090. The first-order valence-electron chi connectivity index (χ1n) is 13.5. The van der Waals surface area contributed by atoms with Crippen molar-refractivity contribution in [2.24, 2.45) is 5.92 Å². The Hall–Kier alpha value is -4.01. The minimum Gasteiger partial charge on any atom is -0.354 e. The van der Waals surface area contributed by atoms with Gasteiger partial charge in [0.15, 0.2) is 0 Å². The van der Waals surface area contributed by atoms with Crippen LogP contribution in [0.15, 0.2) is 24.4 Å². The first kappa shape index (κ1) is 29.5. The Morgan fingerprint density at radius 3 is 2.59 bits per heavy atom. The highest BCUT2D eigenvalue weighted by Gasteiger charge is 2.35. The number of hydrogen-bond acceptors (Lipinski definition) is 7. The van der Waals surface area contributed by atoms with Crippen molar-refractivity contribution in [3.63, 3.8) is 0 Å². The lowest BCUT2D eigenvalue weighted by molar-refractivity contribution is -0.138. The molecule has 0 aliphatic carbocycles. The molecular weight excluding hydrogens is 502 g/mol. The van der Waals surface area contributed by atoms with Crippen molar-refractivity contribution in [2.45, 2.75) is 83.0 Å². The van der Waals surface area contributed by atoms with E-state index in [9.17, 15) is 29.2 Å². The van der Waals surface area contributed by atoms with Gasteiger partial charge < -0.3 is 26.2 Å². The topological polar surface area (TPSA) is 173 Å². The van der Waals surface area contributed by atoms with Crippen LogP contribution in [0, 0.1) is 17.2 Å². The lowest BCUT2D eigenvalue weighted by Crippen LogP contribution is -2.55. The summed E-state index contributed by atoms with van der Waals surface area (Å²) in [5.74, 6) is -2.10. The van der Waals surface area contributed by atoms with Crippen LogP contribution in [0.1, 0.15) is 69.3 Å². The van der Waals surface area contributed by atoms with Gasteiger partial charge in [0.2, 0.25) is 23.6 Å². The molecule has 0 aromatic carbocycles. The van der Waals surface area contributed by atoms with E-state index < -0.39 is 41.9 Å². The van der Waals surface area contributed by atoms with Gasteiger partial charge in [-0.1, -0.05) is 19.9 Å². The second-order valence-electron chi connectivity index (χ2n) is 10.3. The first-order chi connectivity index (χ1) is 18.7. The molecule has 12 heteroatoms. The molecular formula is C27H37N7O5. The number of carbonyl (C=O) groups is 5. The van der Waals surface area contributed by atoms with Gasteiger partial charge in [0, 0.05) is 25.7 Å².